The van der Waals surface area contributed by atoms with Gasteiger partial charge in [0.25, 0.3) is 0 Å². The Labute approximate surface area is 172 Å². The molecule has 3 saturated heterocycles. The number of benzene rings is 1. The third kappa shape index (κ3) is 4.97. The average Bonchev–Trinajstić information content (AvgIpc) is 3.01. The first-order valence-electron chi connectivity index (χ1n) is 10.6. The number of anilines is 1. The molecule has 1 aromatic rings. The second kappa shape index (κ2) is 8.81. The third-order valence-corrected chi connectivity index (χ3v) is 6.41. The van der Waals surface area contributed by atoms with Crippen LogP contribution in [0.15, 0.2) is 24.3 Å². The molecule has 4 rings (SSSR count). The number of likely N-dealkylation sites (tertiary alicyclic amines) is 1. The van der Waals surface area contributed by atoms with Gasteiger partial charge in [0.05, 0.1) is 25.2 Å². The molecule has 158 valence electrons. The number of amides is 1. The van der Waals surface area contributed by atoms with Gasteiger partial charge in [0.15, 0.2) is 0 Å². The molecule has 29 heavy (non-hydrogen) atoms. The molecule has 1 spiro atoms. The Balaban J connectivity index is 1.24. The predicted molar refractivity (Wildman–Crippen MR) is 110 cm³/mol. The zero-order valence-electron chi connectivity index (χ0n) is 17.2. The van der Waals surface area contributed by atoms with E-state index in [4.69, 9.17) is 9.47 Å². The number of aryl methyl sites for hydroxylation is 1. The molecule has 1 aromatic carbocycles. The number of nitrogens with one attached hydrogen (secondary N) is 1. The van der Waals surface area contributed by atoms with Crippen LogP contribution in [0.25, 0.3) is 0 Å². The molecule has 0 saturated carbocycles. The summed E-state index contributed by atoms with van der Waals surface area (Å²) in [7, 11) is 0. The first kappa shape index (κ1) is 20.3. The number of hydrogen-bond donors (Lipinski definition) is 1. The average molecular weight is 402 g/mol. The van der Waals surface area contributed by atoms with Gasteiger partial charge >= 0.3 is 5.97 Å². The van der Waals surface area contributed by atoms with Gasteiger partial charge in [-0.3, -0.25) is 19.4 Å². The molecule has 0 aromatic heterocycles. The number of carbonyl (C=O) groups is 2. The molecular weight excluding hydrogens is 370 g/mol. The number of cyclic esters (lactones) is 1. The van der Waals surface area contributed by atoms with E-state index in [1.165, 1.54) is 5.56 Å². The van der Waals surface area contributed by atoms with Gasteiger partial charge in [-0.15, -0.1) is 0 Å². The first-order valence-corrected chi connectivity index (χ1v) is 10.6. The van der Waals surface area contributed by atoms with E-state index >= 15 is 0 Å². The van der Waals surface area contributed by atoms with Crippen LogP contribution in [0.1, 0.15) is 24.8 Å². The van der Waals surface area contributed by atoms with Gasteiger partial charge < -0.3 is 14.8 Å². The van der Waals surface area contributed by atoms with E-state index in [9.17, 15) is 9.59 Å². The number of piperidine rings is 1. The maximum atomic E-state index is 12.6. The van der Waals surface area contributed by atoms with Crippen LogP contribution in [-0.4, -0.2) is 80.3 Å². The Morgan fingerprint density at radius 3 is 2.48 bits per heavy atom. The molecule has 0 aliphatic carbocycles. The molecular formula is C22H31N3O4. The molecule has 1 unspecified atom stereocenters. The standard InChI is InChI=1S/C22H31N3O4/c1-17-2-4-18(5-3-17)23-20(26)16-24-8-6-22(7-9-24)14-19(29-21(22)27)15-25-10-12-28-13-11-25/h2-5,19H,6-16H2,1H3,(H,23,26). The molecule has 7 heteroatoms. The summed E-state index contributed by atoms with van der Waals surface area (Å²) < 4.78 is 11.1. The van der Waals surface area contributed by atoms with Crippen LogP contribution in [0.2, 0.25) is 0 Å². The van der Waals surface area contributed by atoms with Gasteiger partial charge in [0, 0.05) is 31.7 Å². The van der Waals surface area contributed by atoms with Crippen LogP contribution in [0.5, 0.6) is 0 Å². The number of nitrogens with zero attached hydrogens (tertiary/aromatic N) is 2. The van der Waals surface area contributed by atoms with Crippen molar-refractivity contribution in [2.45, 2.75) is 32.3 Å². The highest BCUT2D eigenvalue weighted by atomic mass is 16.6. The minimum Gasteiger partial charge on any atom is -0.461 e. The molecule has 1 atom stereocenters. The zero-order chi connectivity index (χ0) is 20.3. The summed E-state index contributed by atoms with van der Waals surface area (Å²) >= 11 is 0. The number of esters is 1. The van der Waals surface area contributed by atoms with Crippen molar-refractivity contribution in [3.05, 3.63) is 29.8 Å². The molecule has 3 fully saturated rings. The summed E-state index contributed by atoms with van der Waals surface area (Å²) in [6, 6.07) is 7.81. The summed E-state index contributed by atoms with van der Waals surface area (Å²) in [6.07, 6.45) is 2.32. The van der Waals surface area contributed by atoms with E-state index in [1.54, 1.807) is 0 Å². The normalized spacial score (nSPS) is 25.1. The van der Waals surface area contributed by atoms with Gasteiger partial charge in [-0.25, -0.2) is 0 Å². The van der Waals surface area contributed by atoms with Crippen molar-refractivity contribution in [2.75, 3.05) is 57.8 Å². The fourth-order valence-electron chi connectivity index (χ4n) is 4.60. The molecule has 3 heterocycles. The molecule has 3 aliphatic rings. The smallest absolute Gasteiger partial charge is 0.312 e. The zero-order valence-corrected chi connectivity index (χ0v) is 17.2. The van der Waals surface area contributed by atoms with Gasteiger partial charge in [0.2, 0.25) is 5.91 Å². The SMILES string of the molecule is Cc1ccc(NC(=O)CN2CCC3(CC2)CC(CN2CCOCC2)OC3=O)cc1. The predicted octanol–water partition coefficient (Wildman–Crippen LogP) is 1.66. The number of hydrogen-bond acceptors (Lipinski definition) is 6. The molecule has 3 aliphatic heterocycles. The quantitative estimate of drug-likeness (QED) is 0.757. The second-order valence-electron chi connectivity index (χ2n) is 8.62. The Morgan fingerprint density at radius 1 is 1.10 bits per heavy atom. The number of rotatable bonds is 5. The number of carbonyl (C=O) groups excluding carboxylic acids is 2. The van der Waals surface area contributed by atoms with Crippen molar-refractivity contribution in [1.29, 1.82) is 0 Å². The summed E-state index contributed by atoms with van der Waals surface area (Å²) in [5.74, 6) is -0.0523. The number of ether oxygens (including phenoxy) is 2. The Bertz CT molecular complexity index is 722. The Morgan fingerprint density at radius 2 is 1.79 bits per heavy atom. The van der Waals surface area contributed by atoms with E-state index in [0.29, 0.717) is 6.54 Å². The molecule has 0 radical (unpaired) electrons. The highest BCUT2D eigenvalue weighted by molar-refractivity contribution is 5.92. The summed E-state index contributed by atoms with van der Waals surface area (Å²) in [4.78, 5) is 29.5. The van der Waals surface area contributed by atoms with Gasteiger partial charge in [-0.05, 0) is 45.0 Å². The lowest BCUT2D eigenvalue weighted by Gasteiger charge is -2.36. The van der Waals surface area contributed by atoms with E-state index in [1.807, 2.05) is 31.2 Å². The van der Waals surface area contributed by atoms with Crippen LogP contribution in [0, 0.1) is 12.3 Å². The van der Waals surface area contributed by atoms with Crippen molar-refractivity contribution in [3.8, 4) is 0 Å². The van der Waals surface area contributed by atoms with Crippen LogP contribution >= 0.6 is 0 Å². The third-order valence-electron chi connectivity index (χ3n) is 6.41. The van der Waals surface area contributed by atoms with Crippen LogP contribution in [0.4, 0.5) is 5.69 Å². The van der Waals surface area contributed by atoms with E-state index in [0.717, 1.165) is 70.9 Å². The molecule has 1 N–H and O–H groups in total. The van der Waals surface area contributed by atoms with Crippen molar-refractivity contribution in [2.24, 2.45) is 5.41 Å². The van der Waals surface area contributed by atoms with Gasteiger partial charge in [-0.2, -0.15) is 0 Å². The Hall–Kier alpha value is -1.96. The lowest BCUT2D eigenvalue weighted by molar-refractivity contribution is -0.151. The highest BCUT2D eigenvalue weighted by Crippen LogP contribution is 2.43. The fourth-order valence-corrected chi connectivity index (χ4v) is 4.60. The lowest BCUT2D eigenvalue weighted by Crippen LogP contribution is -2.45. The van der Waals surface area contributed by atoms with Crippen molar-refractivity contribution < 1.29 is 19.1 Å². The minimum absolute atomic E-state index is 0.0102. The van der Waals surface area contributed by atoms with Crippen molar-refractivity contribution >= 4 is 17.6 Å². The first-order chi connectivity index (χ1) is 14.0. The largest absolute Gasteiger partial charge is 0.461 e. The van der Waals surface area contributed by atoms with Gasteiger partial charge in [-0.1, -0.05) is 17.7 Å². The van der Waals surface area contributed by atoms with Gasteiger partial charge in [0.1, 0.15) is 6.10 Å². The summed E-state index contributed by atoms with van der Waals surface area (Å²) in [6.45, 7) is 8.01. The summed E-state index contributed by atoms with van der Waals surface area (Å²) in [5.41, 5.74) is 1.63. The van der Waals surface area contributed by atoms with E-state index in [-0.39, 0.29) is 23.4 Å². The maximum Gasteiger partial charge on any atom is 0.312 e. The van der Waals surface area contributed by atoms with Crippen LogP contribution in [0.3, 0.4) is 0 Å². The summed E-state index contributed by atoms with van der Waals surface area (Å²) in [5, 5.41) is 2.95. The van der Waals surface area contributed by atoms with Crippen molar-refractivity contribution in [1.82, 2.24) is 9.80 Å². The monoisotopic (exact) mass is 401 g/mol. The lowest BCUT2D eigenvalue weighted by atomic mass is 9.76. The Kier molecular flexibility index (Phi) is 6.18. The second-order valence-corrected chi connectivity index (χ2v) is 8.62. The number of morpholine rings is 1. The van der Waals surface area contributed by atoms with E-state index in [2.05, 4.69) is 15.1 Å². The molecule has 1 amide bonds. The van der Waals surface area contributed by atoms with Crippen LogP contribution in [-0.2, 0) is 19.1 Å². The fraction of sp³-hybridized carbons (Fsp3) is 0.636. The van der Waals surface area contributed by atoms with E-state index < -0.39 is 0 Å². The maximum absolute atomic E-state index is 12.6. The van der Waals surface area contributed by atoms with Crippen LogP contribution < -0.4 is 5.32 Å². The van der Waals surface area contributed by atoms with Crippen molar-refractivity contribution in [3.63, 3.8) is 0 Å². The highest BCUT2D eigenvalue weighted by Gasteiger charge is 2.50. The minimum atomic E-state index is -0.360. The molecule has 7 nitrogen and oxygen atoms in total. The molecule has 0 bridgehead atoms. The topological polar surface area (TPSA) is 71.1 Å².